The quantitative estimate of drug-likeness (QED) is 0.872. The molecule has 2 aliphatic rings. The average molecular weight is 260 g/mol. The van der Waals surface area contributed by atoms with Gasteiger partial charge in [-0.3, -0.25) is 0 Å². The Morgan fingerprint density at radius 1 is 1.37 bits per heavy atom. The van der Waals surface area contributed by atoms with Gasteiger partial charge < -0.3 is 10.6 Å². The van der Waals surface area contributed by atoms with E-state index in [2.05, 4.69) is 34.4 Å². The smallest absolute Gasteiger partial charge is 0.134 e. The van der Waals surface area contributed by atoms with E-state index in [1.807, 2.05) is 0 Å². The standard InChI is InChI=1S/C15H24N4/c1-15(2,11-4-3-5-11)9-17-14-12-8-16-7-6-13(12)18-10-19-14/h10-11,16H,3-9H2,1-2H3,(H,17,18,19). The maximum absolute atomic E-state index is 4.44. The van der Waals surface area contributed by atoms with Crippen LogP contribution in [0, 0.1) is 11.3 Å². The van der Waals surface area contributed by atoms with Crippen molar-refractivity contribution in [3.05, 3.63) is 17.6 Å². The van der Waals surface area contributed by atoms with Crippen LogP contribution in [-0.2, 0) is 13.0 Å². The van der Waals surface area contributed by atoms with Gasteiger partial charge >= 0.3 is 0 Å². The molecule has 0 saturated heterocycles. The minimum Gasteiger partial charge on any atom is -0.369 e. The van der Waals surface area contributed by atoms with Gasteiger partial charge in [0.15, 0.2) is 0 Å². The second kappa shape index (κ2) is 5.08. The fourth-order valence-corrected chi connectivity index (χ4v) is 3.07. The second-order valence-electron chi connectivity index (χ2n) is 6.54. The third kappa shape index (κ3) is 2.59. The molecule has 2 heterocycles. The van der Waals surface area contributed by atoms with E-state index in [1.165, 1.54) is 30.5 Å². The average Bonchev–Trinajstić information content (AvgIpc) is 2.33. The molecule has 1 fully saturated rings. The van der Waals surface area contributed by atoms with Gasteiger partial charge in [0.2, 0.25) is 0 Å². The summed E-state index contributed by atoms with van der Waals surface area (Å²) in [6.07, 6.45) is 6.89. The number of anilines is 1. The second-order valence-corrected chi connectivity index (χ2v) is 6.54. The highest BCUT2D eigenvalue weighted by atomic mass is 15.0. The normalized spacial score (nSPS) is 19.7. The van der Waals surface area contributed by atoms with Crippen LogP contribution in [0.1, 0.15) is 44.4 Å². The number of hydrogen-bond donors (Lipinski definition) is 2. The molecule has 2 N–H and O–H groups in total. The van der Waals surface area contributed by atoms with E-state index in [1.54, 1.807) is 6.33 Å². The van der Waals surface area contributed by atoms with Crippen molar-refractivity contribution in [3.8, 4) is 0 Å². The third-order valence-corrected chi connectivity index (χ3v) is 4.80. The third-order valence-electron chi connectivity index (χ3n) is 4.80. The van der Waals surface area contributed by atoms with Crippen LogP contribution < -0.4 is 10.6 Å². The molecule has 1 aromatic rings. The highest BCUT2D eigenvalue weighted by Crippen LogP contribution is 2.41. The molecule has 19 heavy (non-hydrogen) atoms. The summed E-state index contributed by atoms with van der Waals surface area (Å²) in [6, 6.07) is 0. The molecule has 3 rings (SSSR count). The number of hydrogen-bond acceptors (Lipinski definition) is 4. The van der Waals surface area contributed by atoms with E-state index >= 15 is 0 Å². The van der Waals surface area contributed by atoms with Gasteiger partial charge in [-0.15, -0.1) is 0 Å². The first-order valence-corrected chi connectivity index (χ1v) is 7.44. The zero-order valence-corrected chi connectivity index (χ0v) is 12.0. The van der Waals surface area contributed by atoms with Crippen molar-refractivity contribution in [2.75, 3.05) is 18.4 Å². The Hall–Kier alpha value is -1.16. The van der Waals surface area contributed by atoms with Gasteiger partial charge in [0.05, 0.1) is 5.69 Å². The van der Waals surface area contributed by atoms with Gasteiger partial charge in [-0.05, 0) is 24.2 Å². The van der Waals surface area contributed by atoms with Crippen molar-refractivity contribution in [2.45, 2.75) is 46.1 Å². The summed E-state index contributed by atoms with van der Waals surface area (Å²) in [5.74, 6) is 1.90. The van der Waals surface area contributed by atoms with Gasteiger partial charge in [0, 0.05) is 31.6 Å². The number of rotatable bonds is 4. The Kier molecular flexibility index (Phi) is 3.44. The van der Waals surface area contributed by atoms with E-state index in [4.69, 9.17) is 0 Å². The highest BCUT2D eigenvalue weighted by molar-refractivity contribution is 5.47. The Morgan fingerprint density at radius 2 is 2.21 bits per heavy atom. The first kappa shape index (κ1) is 12.9. The molecule has 1 aromatic heterocycles. The zero-order chi connectivity index (χ0) is 13.3. The lowest BCUT2D eigenvalue weighted by molar-refractivity contribution is 0.134. The maximum atomic E-state index is 4.44. The molecule has 1 saturated carbocycles. The van der Waals surface area contributed by atoms with Crippen molar-refractivity contribution >= 4 is 5.82 Å². The van der Waals surface area contributed by atoms with Gasteiger partial charge in [0.1, 0.15) is 12.1 Å². The molecule has 1 aliphatic carbocycles. The van der Waals surface area contributed by atoms with E-state index in [0.29, 0.717) is 5.41 Å². The summed E-state index contributed by atoms with van der Waals surface area (Å²) in [5.41, 5.74) is 2.83. The van der Waals surface area contributed by atoms with Crippen molar-refractivity contribution in [2.24, 2.45) is 11.3 Å². The Labute approximate surface area is 115 Å². The van der Waals surface area contributed by atoms with Crippen LogP contribution in [0.4, 0.5) is 5.82 Å². The topological polar surface area (TPSA) is 49.8 Å². The number of fused-ring (bicyclic) bond motifs is 1. The first-order chi connectivity index (χ1) is 9.17. The summed E-state index contributed by atoms with van der Waals surface area (Å²) in [4.78, 5) is 8.83. The highest BCUT2D eigenvalue weighted by Gasteiger charge is 2.33. The van der Waals surface area contributed by atoms with Gasteiger partial charge in [0.25, 0.3) is 0 Å². The SMILES string of the molecule is CC(C)(CNc1ncnc2c1CNCC2)C1CCC1. The van der Waals surface area contributed by atoms with Crippen LogP contribution in [0.15, 0.2) is 6.33 Å². The summed E-state index contributed by atoms with van der Waals surface area (Å²) < 4.78 is 0. The Morgan fingerprint density at radius 3 is 2.95 bits per heavy atom. The monoisotopic (exact) mass is 260 g/mol. The van der Waals surface area contributed by atoms with E-state index < -0.39 is 0 Å². The fourth-order valence-electron chi connectivity index (χ4n) is 3.07. The van der Waals surface area contributed by atoms with E-state index in [-0.39, 0.29) is 0 Å². The van der Waals surface area contributed by atoms with Crippen LogP contribution in [0.3, 0.4) is 0 Å². The van der Waals surface area contributed by atoms with Crippen LogP contribution in [-0.4, -0.2) is 23.1 Å². The van der Waals surface area contributed by atoms with Crippen molar-refractivity contribution in [3.63, 3.8) is 0 Å². The van der Waals surface area contributed by atoms with Gasteiger partial charge in [-0.1, -0.05) is 20.3 Å². The molecule has 0 aromatic carbocycles. The Bertz CT molecular complexity index is 451. The molecule has 0 atom stereocenters. The minimum atomic E-state index is 0.359. The molecular formula is C15H24N4. The molecule has 104 valence electrons. The molecular weight excluding hydrogens is 236 g/mol. The van der Waals surface area contributed by atoms with Crippen LogP contribution in [0.25, 0.3) is 0 Å². The Balaban J connectivity index is 1.69. The summed E-state index contributed by atoms with van der Waals surface area (Å²) in [6.45, 7) is 7.66. The van der Waals surface area contributed by atoms with Crippen molar-refractivity contribution in [1.29, 1.82) is 0 Å². The predicted molar refractivity (Wildman–Crippen MR) is 77.1 cm³/mol. The molecule has 4 heteroatoms. The van der Waals surface area contributed by atoms with Crippen LogP contribution in [0.2, 0.25) is 0 Å². The molecule has 0 spiro atoms. The molecule has 1 aliphatic heterocycles. The number of nitrogens with zero attached hydrogens (tertiary/aromatic N) is 2. The number of nitrogens with one attached hydrogen (secondary N) is 2. The molecule has 0 unspecified atom stereocenters. The minimum absolute atomic E-state index is 0.359. The number of aromatic nitrogens is 2. The van der Waals surface area contributed by atoms with Crippen LogP contribution >= 0.6 is 0 Å². The van der Waals surface area contributed by atoms with Gasteiger partial charge in [-0.2, -0.15) is 0 Å². The molecule has 0 amide bonds. The molecule has 0 bridgehead atoms. The maximum Gasteiger partial charge on any atom is 0.134 e. The predicted octanol–water partition coefficient (Wildman–Crippen LogP) is 2.36. The van der Waals surface area contributed by atoms with Crippen LogP contribution in [0.5, 0.6) is 0 Å². The van der Waals surface area contributed by atoms with E-state index in [0.717, 1.165) is 37.8 Å². The molecule has 0 radical (unpaired) electrons. The molecule has 4 nitrogen and oxygen atoms in total. The van der Waals surface area contributed by atoms with Crippen molar-refractivity contribution < 1.29 is 0 Å². The summed E-state index contributed by atoms with van der Waals surface area (Å²) in [5, 5.41) is 6.97. The van der Waals surface area contributed by atoms with Gasteiger partial charge in [-0.25, -0.2) is 9.97 Å². The lowest BCUT2D eigenvalue weighted by Crippen LogP contribution is -2.36. The zero-order valence-electron chi connectivity index (χ0n) is 12.0. The first-order valence-electron chi connectivity index (χ1n) is 7.44. The van der Waals surface area contributed by atoms with Crippen molar-refractivity contribution in [1.82, 2.24) is 15.3 Å². The largest absolute Gasteiger partial charge is 0.369 e. The lowest BCUT2D eigenvalue weighted by atomic mass is 9.67. The van der Waals surface area contributed by atoms with E-state index in [9.17, 15) is 0 Å². The fraction of sp³-hybridized carbons (Fsp3) is 0.733. The summed E-state index contributed by atoms with van der Waals surface area (Å²) >= 11 is 0. The lowest BCUT2D eigenvalue weighted by Gasteiger charge is -2.40. The summed E-state index contributed by atoms with van der Waals surface area (Å²) in [7, 11) is 0.